The van der Waals surface area contributed by atoms with Crippen molar-refractivity contribution in [3.8, 4) is 0 Å². The van der Waals surface area contributed by atoms with E-state index in [0.29, 0.717) is 6.42 Å². The molecule has 98 valence electrons. The highest BCUT2D eigenvalue weighted by atomic mass is 19.1. The highest BCUT2D eigenvalue weighted by Gasteiger charge is 2.13. The third kappa shape index (κ3) is 4.53. The summed E-state index contributed by atoms with van der Waals surface area (Å²) in [4.78, 5) is 22.8. The molecular weight excluding hydrogens is 235 g/mol. The molecule has 0 aliphatic heterocycles. The number of amides is 3. The highest BCUT2D eigenvalue weighted by molar-refractivity contribution is 5.95. The molecule has 0 spiro atoms. The maximum Gasteiger partial charge on any atom is 0.321 e. The van der Waals surface area contributed by atoms with Gasteiger partial charge in [-0.25, -0.2) is 9.18 Å². The lowest BCUT2D eigenvalue weighted by molar-refractivity contribution is -0.123. The van der Waals surface area contributed by atoms with Crippen LogP contribution in [0.15, 0.2) is 24.3 Å². The Labute approximate surface area is 106 Å². The van der Waals surface area contributed by atoms with Crippen molar-refractivity contribution in [3.05, 3.63) is 35.6 Å². The van der Waals surface area contributed by atoms with Crippen molar-refractivity contribution in [1.82, 2.24) is 10.6 Å². The molecule has 0 saturated carbocycles. The Balaban J connectivity index is 2.37. The molecule has 1 atom stereocenters. The minimum Gasteiger partial charge on any atom is -0.334 e. The van der Waals surface area contributed by atoms with Gasteiger partial charge in [-0.15, -0.1) is 0 Å². The number of rotatable bonds is 4. The lowest BCUT2D eigenvalue weighted by Gasteiger charge is -2.10. The molecule has 1 aromatic carbocycles. The Bertz CT molecular complexity index is 418. The predicted molar refractivity (Wildman–Crippen MR) is 66.2 cm³/mol. The van der Waals surface area contributed by atoms with Crippen molar-refractivity contribution < 1.29 is 14.0 Å². The van der Waals surface area contributed by atoms with E-state index in [2.05, 4.69) is 10.6 Å². The van der Waals surface area contributed by atoms with Crippen LogP contribution in [0.5, 0.6) is 0 Å². The Kier molecular flexibility index (Phi) is 5.30. The molecule has 1 unspecified atom stereocenters. The van der Waals surface area contributed by atoms with Crippen LogP contribution in [0.25, 0.3) is 0 Å². The summed E-state index contributed by atoms with van der Waals surface area (Å²) in [7, 11) is 0. The van der Waals surface area contributed by atoms with Crippen LogP contribution in [0.3, 0.4) is 0 Å². The first-order valence-electron chi connectivity index (χ1n) is 5.86. The molecule has 0 aromatic heterocycles. The Morgan fingerprint density at radius 2 is 1.89 bits per heavy atom. The Hall–Kier alpha value is -1.91. The zero-order chi connectivity index (χ0) is 13.5. The van der Waals surface area contributed by atoms with Crippen molar-refractivity contribution in [2.45, 2.75) is 26.8 Å². The van der Waals surface area contributed by atoms with Crippen molar-refractivity contribution in [3.63, 3.8) is 0 Å². The topological polar surface area (TPSA) is 58.2 Å². The predicted octanol–water partition coefficient (Wildman–Crippen LogP) is 2.20. The number of nitrogens with one attached hydrogen (secondary N) is 2. The fourth-order valence-corrected chi connectivity index (χ4v) is 1.25. The van der Waals surface area contributed by atoms with Gasteiger partial charge in [0, 0.05) is 12.5 Å². The van der Waals surface area contributed by atoms with E-state index in [9.17, 15) is 14.0 Å². The highest BCUT2D eigenvalue weighted by Crippen LogP contribution is 2.02. The molecule has 0 heterocycles. The second-order valence-corrected chi connectivity index (χ2v) is 4.11. The van der Waals surface area contributed by atoms with Gasteiger partial charge in [0.15, 0.2) is 0 Å². The number of imide groups is 1. The number of benzene rings is 1. The van der Waals surface area contributed by atoms with E-state index in [-0.39, 0.29) is 24.2 Å². The molecule has 0 saturated heterocycles. The molecule has 1 rings (SSSR count). The molecule has 0 radical (unpaired) electrons. The van der Waals surface area contributed by atoms with E-state index < -0.39 is 6.03 Å². The van der Waals surface area contributed by atoms with Crippen molar-refractivity contribution >= 4 is 11.9 Å². The van der Waals surface area contributed by atoms with Crippen LogP contribution in [-0.2, 0) is 11.3 Å². The van der Waals surface area contributed by atoms with Crippen LogP contribution >= 0.6 is 0 Å². The fourth-order valence-electron chi connectivity index (χ4n) is 1.25. The zero-order valence-electron chi connectivity index (χ0n) is 10.5. The van der Waals surface area contributed by atoms with Crippen LogP contribution in [0.4, 0.5) is 9.18 Å². The van der Waals surface area contributed by atoms with Crippen molar-refractivity contribution in [2.75, 3.05) is 0 Å². The molecular formula is C13H17FN2O2. The summed E-state index contributed by atoms with van der Waals surface area (Å²) in [6.07, 6.45) is 0.678. The van der Waals surface area contributed by atoms with E-state index >= 15 is 0 Å². The summed E-state index contributed by atoms with van der Waals surface area (Å²) in [5, 5.41) is 4.78. The monoisotopic (exact) mass is 252 g/mol. The molecule has 0 fully saturated rings. The number of urea groups is 1. The average molecular weight is 252 g/mol. The standard InChI is InChI=1S/C13H17FN2O2/c1-3-9(2)12(17)16-13(18)15-8-10-4-6-11(14)7-5-10/h4-7,9H,3,8H2,1-2H3,(H2,15,16,17,18). The molecule has 2 N–H and O–H groups in total. The minimum atomic E-state index is -0.537. The first-order valence-corrected chi connectivity index (χ1v) is 5.86. The molecule has 18 heavy (non-hydrogen) atoms. The molecule has 1 aromatic rings. The maximum atomic E-state index is 12.6. The number of carbonyl (C=O) groups is 2. The second kappa shape index (κ2) is 6.74. The van der Waals surface area contributed by atoms with Gasteiger partial charge in [0.25, 0.3) is 0 Å². The third-order valence-electron chi connectivity index (χ3n) is 2.66. The number of hydrogen-bond donors (Lipinski definition) is 2. The van der Waals surface area contributed by atoms with E-state index in [1.807, 2.05) is 6.92 Å². The van der Waals surface area contributed by atoms with Gasteiger partial charge in [0.1, 0.15) is 5.82 Å². The summed E-state index contributed by atoms with van der Waals surface area (Å²) in [5.41, 5.74) is 0.766. The Morgan fingerprint density at radius 3 is 2.44 bits per heavy atom. The summed E-state index contributed by atoms with van der Waals surface area (Å²) >= 11 is 0. The number of halogens is 1. The molecule has 0 bridgehead atoms. The quantitative estimate of drug-likeness (QED) is 0.863. The smallest absolute Gasteiger partial charge is 0.321 e. The van der Waals surface area contributed by atoms with E-state index in [1.54, 1.807) is 19.1 Å². The largest absolute Gasteiger partial charge is 0.334 e. The molecule has 3 amide bonds. The van der Waals surface area contributed by atoms with Crippen LogP contribution in [0, 0.1) is 11.7 Å². The van der Waals surface area contributed by atoms with Crippen LogP contribution in [-0.4, -0.2) is 11.9 Å². The Morgan fingerprint density at radius 1 is 1.28 bits per heavy atom. The van der Waals surface area contributed by atoms with Gasteiger partial charge in [-0.3, -0.25) is 10.1 Å². The SMILES string of the molecule is CCC(C)C(=O)NC(=O)NCc1ccc(F)cc1. The van der Waals surface area contributed by atoms with Crippen molar-refractivity contribution in [2.24, 2.45) is 5.92 Å². The van der Waals surface area contributed by atoms with Gasteiger partial charge in [-0.1, -0.05) is 26.0 Å². The molecule has 0 aliphatic rings. The number of carbonyl (C=O) groups excluding carboxylic acids is 2. The summed E-state index contributed by atoms with van der Waals surface area (Å²) < 4.78 is 12.6. The maximum absolute atomic E-state index is 12.6. The second-order valence-electron chi connectivity index (χ2n) is 4.11. The molecule has 4 nitrogen and oxygen atoms in total. The lowest BCUT2D eigenvalue weighted by Crippen LogP contribution is -2.41. The van der Waals surface area contributed by atoms with Crippen LogP contribution in [0.2, 0.25) is 0 Å². The van der Waals surface area contributed by atoms with Gasteiger partial charge in [-0.2, -0.15) is 0 Å². The first-order chi connectivity index (χ1) is 8.52. The first kappa shape index (κ1) is 14.2. The third-order valence-corrected chi connectivity index (χ3v) is 2.66. The van der Waals surface area contributed by atoms with E-state index in [0.717, 1.165) is 5.56 Å². The normalized spacial score (nSPS) is 11.7. The van der Waals surface area contributed by atoms with Gasteiger partial charge in [0.05, 0.1) is 0 Å². The minimum absolute atomic E-state index is 0.193. The fraction of sp³-hybridized carbons (Fsp3) is 0.385. The van der Waals surface area contributed by atoms with E-state index in [4.69, 9.17) is 0 Å². The number of hydrogen-bond acceptors (Lipinski definition) is 2. The van der Waals surface area contributed by atoms with Crippen LogP contribution in [0.1, 0.15) is 25.8 Å². The lowest BCUT2D eigenvalue weighted by atomic mass is 10.1. The zero-order valence-corrected chi connectivity index (χ0v) is 10.5. The van der Waals surface area contributed by atoms with Crippen molar-refractivity contribution in [1.29, 1.82) is 0 Å². The van der Waals surface area contributed by atoms with Gasteiger partial charge < -0.3 is 5.32 Å². The van der Waals surface area contributed by atoms with Crippen LogP contribution < -0.4 is 10.6 Å². The molecule has 5 heteroatoms. The summed E-state index contributed by atoms with van der Waals surface area (Å²) in [6.45, 7) is 3.88. The average Bonchev–Trinajstić information content (AvgIpc) is 2.37. The molecule has 0 aliphatic carbocycles. The summed E-state index contributed by atoms with van der Waals surface area (Å²) in [5.74, 6) is -0.814. The summed E-state index contributed by atoms with van der Waals surface area (Å²) in [6, 6.07) is 5.25. The van der Waals surface area contributed by atoms with Gasteiger partial charge >= 0.3 is 6.03 Å². The van der Waals surface area contributed by atoms with Gasteiger partial charge in [0.2, 0.25) is 5.91 Å². The van der Waals surface area contributed by atoms with E-state index in [1.165, 1.54) is 12.1 Å². The van der Waals surface area contributed by atoms with Gasteiger partial charge in [-0.05, 0) is 24.1 Å².